The first kappa shape index (κ1) is 16.7. The highest BCUT2D eigenvalue weighted by atomic mass is 32.2. The number of anilines is 1. The van der Waals surface area contributed by atoms with E-state index in [9.17, 15) is 18.3 Å². The molecule has 122 valence electrons. The molecule has 0 aromatic heterocycles. The SMILES string of the molecule is O=C([O-])CCCNc1ccc(S(=O)(=O)N2CCOCC2)cc1. The lowest BCUT2D eigenvalue weighted by Crippen LogP contribution is -2.40. The summed E-state index contributed by atoms with van der Waals surface area (Å²) in [5.74, 6) is -1.08. The molecule has 0 unspecified atom stereocenters. The van der Waals surface area contributed by atoms with E-state index in [-0.39, 0.29) is 11.3 Å². The van der Waals surface area contributed by atoms with Crippen LogP contribution in [0.4, 0.5) is 5.69 Å². The molecule has 0 saturated carbocycles. The van der Waals surface area contributed by atoms with E-state index in [4.69, 9.17) is 4.74 Å². The summed E-state index contributed by atoms with van der Waals surface area (Å²) in [4.78, 5) is 10.5. The third-order valence-corrected chi connectivity index (χ3v) is 5.26. The number of sulfonamides is 1. The number of carbonyl (C=O) groups is 1. The standard InChI is InChI=1S/C14H20N2O5S/c17-14(18)2-1-7-15-12-3-5-13(6-4-12)22(19,20)16-8-10-21-11-9-16/h3-6,15H,1-2,7-11H2,(H,17,18)/p-1. The van der Waals surface area contributed by atoms with Crippen molar-refractivity contribution in [3.8, 4) is 0 Å². The largest absolute Gasteiger partial charge is 0.550 e. The van der Waals surface area contributed by atoms with Crippen molar-refractivity contribution in [1.82, 2.24) is 4.31 Å². The van der Waals surface area contributed by atoms with Gasteiger partial charge < -0.3 is 20.0 Å². The number of carbonyl (C=O) groups excluding carboxylic acids is 1. The molecule has 0 amide bonds. The number of hydrogen-bond acceptors (Lipinski definition) is 6. The van der Waals surface area contributed by atoms with Gasteiger partial charge in [-0.15, -0.1) is 0 Å². The Morgan fingerprint density at radius 1 is 1.23 bits per heavy atom. The van der Waals surface area contributed by atoms with E-state index in [0.29, 0.717) is 39.3 Å². The Hall–Kier alpha value is -1.64. The zero-order chi connectivity index (χ0) is 16.0. The summed E-state index contributed by atoms with van der Waals surface area (Å²) in [6.45, 7) is 2.05. The van der Waals surface area contributed by atoms with Gasteiger partial charge in [-0.1, -0.05) is 0 Å². The second-order valence-electron chi connectivity index (χ2n) is 4.94. The van der Waals surface area contributed by atoms with Gasteiger partial charge in [-0.3, -0.25) is 0 Å². The van der Waals surface area contributed by atoms with Gasteiger partial charge in [0.15, 0.2) is 0 Å². The van der Waals surface area contributed by atoms with E-state index in [1.54, 1.807) is 24.3 Å². The molecule has 1 aliphatic rings. The van der Waals surface area contributed by atoms with Gasteiger partial charge >= 0.3 is 0 Å². The smallest absolute Gasteiger partial charge is 0.243 e. The number of benzene rings is 1. The summed E-state index contributed by atoms with van der Waals surface area (Å²) in [6.07, 6.45) is 0.451. The Labute approximate surface area is 129 Å². The maximum Gasteiger partial charge on any atom is 0.243 e. The topological polar surface area (TPSA) is 98.8 Å². The number of carboxylic acids is 1. The van der Waals surface area contributed by atoms with Crippen molar-refractivity contribution >= 4 is 21.7 Å². The molecule has 1 aliphatic heterocycles. The Morgan fingerprint density at radius 3 is 2.45 bits per heavy atom. The molecular weight excluding hydrogens is 308 g/mol. The normalized spacial score (nSPS) is 16.4. The van der Waals surface area contributed by atoms with E-state index >= 15 is 0 Å². The van der Waals surface area contributed by atoms with E-state index < -0.39 is 16.0 Å². The average molecular weight is 327 g/mol. The van der Waals surface area contributed by atoms with Crippen molar-refractivity contribution in [2.24, 2.45) is 0 Å². The van der Waals surface area contributed by atoms with Crippen LogP contribution in [0.3, 0.4) is 0 Å². The van der Waals surface area contributed by atoms with Crippen LogP contribution in [0.5, 0.6) is 0 Å². The minimum atomic E-state index is -3.48. The number of rotatable bonds is 7. The van der Waals surface area contributed by atoms with Crippen LogP contribution < -0.4 is 10.4 Å². The van der Waals surface area contributed by atoms with Crippen molar-refractivity contribution < 1.29 is 23.1 Å². The lowest BCUT2D eigenvalue weighted by Gasteiger charge is -2.26. The Balaban J connectivity index is 1.94. The van der Waals surface area contributed by atoms with E-state index in [1.165, 1.54) is 4.31 Å². The summed E-state index contributed by atoms with van der Waals surface area (Å²) < 4.78 is 31.4. The van der Waals surface area contributed by atoms with Crippen LogP contribution >= 0.6 is 0 Å². The predicted octanol–water partition coefficient (Wildman–Crippen LogP) is -0.350. The monoisotopic (exact) mass is 327 g/mol. The lowest BCUT2D eigenvalue weighted by molar-refractivity contribution is -0.305. The van der Waals surface area contributed by atoms with Crippen LogP contribution in [-0.2, 0) is 19.6 Å². The Morgan fingerprint density at radius 2 is 1.86 bits per heavy atom. The zero-order valence-electron chi connectivity index (χ0n) is 12.2. The molecule has 1 N–H and O–H groups in total. The average Bonchev–Trinajstić information content (AvgIpc) is 2.53. The lowest BCUT2D eigenvalue weighted by atomic mass is 10.3. The molecule has 1 fully saturated rings. The maximum atomic E-state index is 12.4. The molecule has 0 aliphatic carbocycles. The quantitative estimate of drug-likeness (QED) is 0.687. The van der Waals surface area contributed by atoms with Crippen LogP contribution in [0.1, 0.15) is 12.8 Å². The summed E-state index contributed by atoms with van der Waals surface area (Å²) in [6, 6.07) is 6.44. The van der Waals surface area contributed by atoms with Gasteiger partial charge in [0.2, 0.25) is 10.0 Å². The van der Waals surface area contributed by atoms with Gasteiger partial charge in [0.05, 0.1) is 18.1 Å². The minimum absolute atomic E-state index is 0.00348. The molecule has 0 spiro atoms. The van der Waals surface area contributed by atoms with E-state index in [1.807, 2.05) is 0 Å². The van der Waals surface area contributed by atoms with Crippen LogP contribution in [0.2, 0.25) is 0 Å². The van der Waals surface area contributed by atoms with Crippen molar-refractivity contribution in [3.63, 3.8) is 0 Å². The maximum absolute atomic E-state index is 12.4. The van der Waals surface area contributed by atoms with Crippen molar-refractivity contribution in [1.29, 1.82) is 0 Å². The highest BCUT2D eigenvalue weighted by molar-refractivity contribution is 7.89. The van der Waals surface area contributed by atoms with Gasteiger partial charge in [0.1, 0.15) is 0 Å². The van der Waals surface area contributed by atoms with Crippen LogP contribution in [0.25, 0.3) is 0 Å². The van der Waals surface area contributed by atoms with Crippen LogP contribution in [0, 0.1) is 0 Å². The molecule has 0 atom stereocenters. The van der Waals surface area contributed by atoms with Crippen LogP contribution in [-0.4, -0.2) is 51.5 Å². The molecule has 0 radical (unpaired) electrons. The summed E-state index contributed by atoms with van der Waals surface area (Å²) in [5, 5.41) is 13.3. The molecule has 0 bridgehead atoms. The van der Waals surface area contributed by atoms with E-state index in [0.717, 1.165) is 5.69 Å². The molecule has 1 aromatic rings. The molecule has 1 heterocycles. The third-order valence-electron chi connectivity index (χ3n) is 3.35. The number of aliphatic carboxylic acids is 1. The molecular formula is C14H19N2O5S-. The Kier molecular flexibility index (Phi) is 5.76. The fourth-order valence-electron chi connectivity index (χ4n) is 2.15. The van der Waals surface area contributed by atoms with Gasteiger partial charge in [-0.05, 0) is 37.1 Å². The molecule has 8 heteroatoms. The van der Waals surface area contributed by atoms with Gasteiger partial charge in [0.25, 0.3) is 0 Å². The first-order valence-electron chi connectivity index (χ1n) is 7.12. The highest BCUT2D eigenvalue weighted by Gasteiger charge is 2.25. The summed E-state index contributed by atoms with van der Waals surface area (Å²) >= 11 is 0. The van der Waals surface area contributed by atoms with Crippen molar-refractivity contribution in [2.45, 2.75) is 17.7 Å². The number of nitrogens with zero attached hydrogens (tertiary/aromatic N) is 1. The first-order valence-corrected chi connectivity index (χ1v) is 8.56. The van der Waals surface area contributed by atoms with E-state index in [2.05, 4.69) is 5.32 Å². The number of ether oxygens (including phenoxy) is 1. The Bertz CT molecular complexity index is 594. The number of hydrogen-bond donors (Lipinski definition) is 1. The second-order valence-corrected chi connectivity index (χ2v) is 6.88. The number of nitrogens with one attached hydrogen (secondary N) is 1. The molecule has 1 aromatic carbocycles. The first-order chi connectivity index (χ1) is 10.5. The molecule has 1 saturated heterocycles. The second kappa shape index (κ2) is 7.57. The molecule has 2 rings (SSSR count). The fourth-order valence-corrected chi connectivity index (χ4v) is 3.55. The number of carboxylic acid groups (broad SMARTS) is 1. The van der Waals surface area contributed by atoms with Crippen molar-refractivity contribution in [2.75, 3.05) is 38.2 Å². The molecule has 7 nitrogen and oxygen atoms in total. The summed E-state index contributed by atoms with van der Waals surface area (Å²) in [7, 11) is -3.48. The zero-order valence-corrected chi connectivity index (χ0v) is 13.0. The van der Waals surface area contributed by atoms with Crippen LogP contribution in [0.15, 0.2) is 29.2 Å². The summed E-state index contributed by atoms with van der Waals surface area (Å²) in [5.41, 5.74) is 0.749. The van der Waals surface area contributed by atoms with Gasteiger partial charge in [0, 0.05) is 31.3 Å². The highest BCUT2D eigenvalue weighted by Crippen LogP contribution is 2.19. The van der Waals surface area contributed by atoms with Gasteiger partial charge in [-0.25, -0.2) is 8.42 Å². The minimum Gasteiger partial charge on any atom is -0.550 e. The predicted molar refractivity (Wildman–Crippen MR) is 78.8 cm³/mol. The van der Waals surface area contributed by atoms with Gasteiger partial charge in [-0.2, -0.15) is 4.31 Å². The number of morpholine rings is 1. The fraction of sp³-hybridized carbons (Fsp3) is 0.500. The third kappa shape index (κ3) is 4.43. The molecule has 22 heavy (non-hydrogen) atoms. The van der Waals surface area contributed by atoms with Crippen molar-refractivity contribution in [3.05, 3.63) is 24.3 Å².